The van der Waals surface area contributed by atoms with Gasteiger partial charge in [0.25, 0.3) is 0 Å². The molecule has 5 nitrogen and oxygen atoms in total. The van der Waals surface area contributed by atoms with Crippen molar-refractivity contribution in [2.45, 2.75) is 26.4 Å². The summed E-state index contributed by atoms with van der Waals surface area (Å²) in [5, 5.41) is 8.92. The molecule has 0 atom stereocenters. The first kappa shape index (κ1) is 14.7. The third kappa shape index (κ3) is 4.89. The van der Waals surface area contributed by atoms with Crippen molar-refractivity contribution < 1.29 is 19.4 Å². The average molecular weight is 274 g/mol. The Morgan fingerprint density at radius 3 is 2.61 bits per heavy atom. The Bertz CT molecular complexity index is 429. The van der Waals surface area contributed by atoms with E-state index in [4.69, 9.17) is 26.2 Å². The molecule has 100 valence electrons. The van der Waals surface area contributed by atoms with Gasteiger partial charge in [-0.1, -0.05) is 11.6 Å². The van der Waals surface area contributed by atoms with Gasteiger partial charge in [0.1, 0.15) is 11.6 Å². The fourth-order valence-corrected chi connectivity index (χ4v) is 1.36. The van der Waals surface area contributed by atoms with Gasteiger partial charge >= 0.3 is 5.97 Å². The molecule has 1 aromatic rings. The number of pyridine rings is 1. The molecule has 0 spiro atoms. The van der Waals surface area contributed by atoms with E-state index in [1.807, 2.05) is 20.8 Å². The summed E-state index contributed by atoms with van der Waals surface area (Å²) < 4.78 is 10.8. The van der Waals surface area contributed by atoms with Crippen molar-refractivity contribution in [2.24, 2.45) is 0 Å². The van der Waals surface area contributed by atoms with E-state index < -0.39 is 5.97 Å². The molecule has 6 heteroatoms. The number of ether oxygens (including phenoxy) is 2. The molecule has 1 heterocycles. The Balaban J connectivity index is 2.51. The van der Waals surface area contributed by atoms with E-state index >= 15 is 0 Å². The van der Waals surface area contributed by atoms with Gasteiger partial charge in [-0.2, -0.15) is 0 Å². The lowest BCUT2D eigenvalue weighted by Gasteiger charge is -2.19. The predicted octanol–water partition coefficient (Wildman–Crippen LogP) is 2.63. The standard InChI is InChI=1S/C12H16ClNO4/c1-12(2,3)18-5-4-17-10-9(13)6-8(7-14-10)11(15)16/h6-7H,4-5H2,1-3H3,(H,15,16). The van der Waals surface area contributed by atoms with E-state index in [0.29, 0.717) is 13.2 Å². The Kier molecular flexibility index (Phi) is 4.93. The first-order valence-corrected chi connectivity index (χ1v) is 5.83. The maximum absolute atomic E-state index is 10.7. The molecule has 0 bridgehead atoms. The Morgan fingerprint density at radius 2 is 2.11 bits per heavy atom. The Hall–Kier alpha value is -1.33. The van der Waals surface area contributed by atoms with Crippen LogP contribution in [0.3, 0.4) is 0 Å². The number of halogens is 1. The van der Waals surface area contributed by atoms with E-state index in [1.165, 1.54) is 12.3 Å². The van der Waals surface area contributed by atoms with Gasteiger partial charge in [-0.05, 0) is 26.8 Å². The van der Waals surface area contributed by atoms with Crippen LogP contribution < -0.4 is 4.74 Å². The molecular weight excluding hydrogens is 258 g/mol. The first-order chi connectivity index (χ1) is 8.29. The van der Waals surface area contributed by atoms with Crippen LogP contribution in [0.25, 0.3) is 0 Å². The van der Waals surface area contributed by atoms with Crippen LogP contribution in [0.2, 0.25) is 5.02 Å². The van der Waals surface area contributed by atoms with Gasteiger partial charge in [-0.25, -0.2) is 9.78 Å². The van der Waals surface area contributed by atoms with Crippen LogP contribution in [-0.2, 0) is 4.74 Å². The van der Waals surface area contributed by atoms with Crippen LogP contribution in [0.1, 0.15) is 31.1 Å². The molecule has 0 amide bonds. The maximum Gasteiger partial charge on any atom is 0.337 e. The van der Waals surface area contributed by atoms with Gasteiger partial charge < -0.3 is 14.6 Å². The molecule has 1 rings (SSSR count). The summed E-state index contributed by atoms with van der Waals surface area (Å²) in [4.78, 5) is 14.5. The van der Waals surface area contributed by atoms with E-state index in [9.17, 15) is 4.79 Å². The van der Waals surface area contributed by atoms with E-state index in [1.54, 1.807) is 0 Å². The van der Waals surface area contributed by atoms with Gasteiger partial charge in [-0.3, -0.25) is 0 Å². The number of carbonyl (C=O) groups is 1. The molecule has 0 aliphatic rings. The summed E-state index contributed by atoms with van der Waals surface area (Å²) in [6.07, 6.45) is 1.20. The number of carboxylic acid groups (broad SMARTS) is 1. The fraction of sp³-hybridized carbons (Fsp3) is 0.500. The number of carboxylic acids is 1. The van der Waals surface area contributed by atoms with Crippen LogP contribution in [0, 0.1) is 0 Å². The lowest BCUT2D eigenvalue weighted by molar-refractivity contribution is -0.0168. The maximum atomic E-state index is 10.7. The molecule has 0 aliphatic heterocycles. The highest BCUT2D eigenvalue weighted by atomic mass is 35.5. The van der Waals surface area contributed by atoms with Crippen molar-refractivity contribution in [3.63, 3.8) is 0 Å². The summed E-state index contributed by atoms with van der Waals surface area (Å²) in [7, 11) is 0. The van der Waals surface area contributed by atoms with E-state index in [-0.39, 0.29) is 22.1 Å². The van der Waals surface area contributed by atoms with Gasteiger partial charge in [0, 0.05) is 6.20 Å². The number of aromatic carboxylic acids is 1. The second-order valence-corrected chi connectivity index (χ2v) is 5.03. The van der Waals surface area contributed by atoms with Crippen molar-refractivity contribution in [3.05, 3.63) is 22.8 Å². The molecule has 0 radical (unpaired) electrons. The number of hydrogen-bond donors (Lipinski definition) is 1. The third-order valence-corrected chi connectivity index (χ3v) is 2.18. The molecule has 1 aromatic heterocycles. The summed E-state index contributed by atoms with van der Waals surface area (Å²) in [5.41, 5.74) is -0.202. The largest absolute Gasteiger partial charge is 0.478 e. The lowest BCUT2D eigenvalue weighted by atomic mass is 10.2. The number of hydrogen-bond acceptors (Lipinski definition) is 4. The zero-order valence-electron chi connectivity index (χ0n) is 10.6. The molecule has 0 aromatic carbocycles. The number of nitrogens with zero attached hydrogens (tertiary/aromatic N) is 1. The number of aromatic nitrogens is 1. The summed E-state index contributed by atoms with van der Waals surface area (Å²) in [5.74, 6) is -0.869. The van der Waals surface area contributed by atoms with Gasteiger partial charge in [-0.15, -0.1) is 0 Å². The quantitative estimate of drug-likeness (QED) is 0.835. The highest BCUT2D eigenvalue weighted by Gasteiger charge is 2.11. The van der Waals surface area contributed by atoms with Gasteiger partial charge in [0.2, 0.25) is 5.88 Å². The molecule has 1 N–H and O–H groups in total. The summed E-state index contributed by atoms with van der Waals surface area (Å²) in [6, 6.07) is 1.30. The van der Waals surface area contributed by atoms with Crippen LogP contribution in [0.15, 0.2) is 12.3 Å². The summed E-state index contributed by atoms with van der Waals surface area (Å²) >= 11 is 5.85. The van der Waals surface area contributed by atoms with Crippen LogP contribution in [0.4, 0.5) is 0 Å². The minimum atomic E-state index is -1.08. The molecule has 18 heavy (non-hydrogen) atoms. The minimum absolute atomic E-state index is 0.0262. The normalized spacial score (nSPS) is 11.3. The van der Waals surface area contributed by atoms with Crippen LogP contribution in [0.5, 0.6) is 5.88 Å². The van der Waals surface area contributed by atoms with Crippen molar-refractivity contribution in [1.29, 1.82) is 0 Å². The Morgan fingerprint density at radius 1 is 1.44 bits per heavy atom. The third-order valence-electron chi connectivity index (χ3n) is 1.91. The van der Waals surface area contributed by atoms with Crippen molar-refractivity contribution in [3.8, 4) is 5.88 Å². The summed E-state index contributed by atoms with van der Waals surface area (Å²) in [6.45, 7) is 6.54. The van der Waals surface area contributed by atoms with E-state index in [0.717, 1.165) is 0 Å². The highest BCUT2D eigenvalue weighted by molar-refractivity contribution is 6.32. The van der Waals surface area contributed by atoms with Gasteiger partial charge in [0.05, 0.1) is 17.8 Å². The zero-order valence-corrected chi connectivity index (χ0v) is 11.3. The SMILES string of the molecule is CC(C)(C)OCCOc1ncc(C(=O)O)cc1Cl. The molecule has 0 aliphatic carbocycles. The Labute approximate surface area is 111 Å². The molecule has 0 saturated carbocycles. The zero-order chi connectivity index (χ0) is 13.8. The average Bonchev–Trinajstić information content (AvgIpc) is 2.24. The van der Waals surface area contributed by atoms with Crippen molar-refractivity contribution in [1.82, 2.24) is 4.98 Å². The minimum Gasteiger partial charge on any atom is -0.478 e. The highest BCUT2D eigenvalue weighted by Crippen LogP contribution is 2.22. The van der Waals surface area contributed by atoms with E-state index in [2.05, 4.69) is 4.98 Å². The smallest absolute Gasteiger partial charge is 0.337 e. The first-order valence-electron chi connectivity index (χ1n) is 5.45. The monoisotopic (exact) mass is 273 g/mol. The molecule has 0 saturated heterocycles. The molecular formula is C12H16ClNO4. The fourth-order valence-electron chi connectivity index (χ4n) is 1.13. The predicted molar refractivity (Wildman–Crippen MR) is 67.4 cm³/mol. The van der Waals surface area contributed by atoms with Crippen LogP contribution in [-0.4, -0.2) is 34.9 Å². The van der Waals surface area contributed by atoms with Gasteiger partial charge in [0.15, 0.2) is 0 Å². The van der Waals surface area contributed by atoms with Crippen LogP contribution >= 0.6 is 11.6 Å². The molecule has 0 fully saturated rings. The van der Waals surface area contributed by atoms with Crippen molar-refractivity contribution >= 4 is 17.6 Å². The second kappa shape index (κ2) is 6.02. The second-order valence-electron chi connectivity index (χ2n) is 4.63. The molecule has 0 unspecified atom stereocenters. The van der Waals surface area contributed by atoms with Crippen molar-refractivity contribution in [2.75, 3.05) is 13.2 Å². The topological polar surface area (TPSA) is 68.7 Å². The number of rotatable bonds is 5. The lowest BCUT2D eigenvalue weighted by Crippen LogP contribution is -2.22.